The maximum absolute atomic E-state index is 12.3. The largest absolute Gasteiger partial charge is 0.480 e. The van der Waals surface area contributed by atoms with E-state index in [0.29, 0.717) is 4.31 Å². The lowest BCUT2D eigenvalue weighted by molar-refractivity contribution is -0.389. The first-order valence-electron chi connectivity index (χ1n) is 5.76. The second kappa shape index (κ2) is 5.35. The number of nitrogens with zero attached hydrogens (tertiary/aromatic N) is 3. The molecule has 2 heterocycles. The number of β-amino-alcohol motifs (C(OH)–C–C–N with tert-alkyl or cyclic N) is 1. The molecule has 2 rings (SSSR count). The molecular formula is C10H11N3O7S. The highest BCUT2D eigenvalue weighted by Gasteiger charge is 2.44. The highest BCUT2D eigenvalue weighted by Crippen LogP contribution is 2.26. The van der Waals surface area contributed by atoms with Gasteiger partial charge < -0.3 is 20.3 Å². The second-order valence-corrected chi connectivity index (χ2v) is 6.32. The highest BCUT2D eigenvalue weighted by molar-refractivity contribution is 7.89. The molecule has 0 spiro atoms. The lowest BCUT2D eigenvalue weighted by Gasteiger charge is -2.19. The first kappa shape index (κ1) is 15.3. The molecule has 2 N–H and O–H groups in total. The minimum atomic E-state index is -4.20. The van der Waals surface area contributed by atoms with Gasteiger partial charge in [0.25, 0.3) is 0 Å². The zero-order valence-electron chi connectivity index (χ0n) is 10.5. The summed E-state index contributed by atoms with van der Waals surface area (Å²) in [5.41, 5.74) is 0. The third-order valence-electron chi connectivity index (χ3n) is 3.03. The Morgan fingerprint density at radius 2 is 2.14 bits per heavy atom. The molecule has 1 saturated heterocycles. The van der Waals surface area contributed by atoms with Crippen molar-refractivity contribution in [1.82, 2.24) is 9.29 Å². The first-order chi connectivity index (χ1) is 9.73. The van der Waals surface area contributed by atoms with Crippen LogP contribution in [0.5, 0.6) is 0 Å². The summed E-state index contributed by atoms with van der Waals surface area (Å²) in [6.45, 7) is -0.351. The van der Waals surface area contributed by atoms with Crippen LogP contribution in [0.25, 0.3) is 0 Å². The quantitative estimate of drug-likeness (QED) is 0.541. The number of carbonyl (C=O) groups is 1. The predicted molar refractivity (Wildman–Crippen MR) is 66.8 cm³/mol. The molecule has 2 atom stereocenters. The van der Waals surface area contributed by atoms with E-state index in [4.69, 9.17) is 5.11 Å². The number of rotatable bonds is 4. The minimum absolute atomic E-state index is 0.213. The van der Waals surface area contributed by atoms with Gasteiger partial charge in [-0.1, -0.05) is 0 Å². The van der Waals surface area contributed by atoms with Gasteiger partial charge in [0.2, 0.25) is 10.0 Å². The van der Waals surface area contributed by atoms with Crippen LogP contribution in [0.3, 0.4) is 0 Å². The van der Waals surface area contributed by atoms with E-state index in [-0.39, 0.29) is 17.9 Å². The van der Waals surface area contributed by atoms with Gasteiger partial charge in [0.05, 0.1) is 6.10 Å². The number of carboxylic acids is 1. The number of hydrogen-bond donors (Lipinski definition) is 2. The summed E-state index contributed by atoms with van der Waals surface area (Å²) in [6.07, 6.45) is -0.502. The van der Waals surface area contributed by atoms with Crippen LogP contribution in [0, 0.1) is 10.1 Å². The Kier molecular flexibility index (Phi) is 3.89. The van der Waals surface area contributed by atoms with Crippen LogP contribution in [0.15, 0.2) is 23.2 Å². The van der Waals surface area contributed by atoms with Gasteiger partial charge in [0.1, 0.15) is 10.9 Å². The van der Waals surface area contributed by atoms with Crippen LogP contribution in [-0.2, 0) is 14.8 Å². The second-order valence-electron chi connectivity index (χ2n) is 4.43. The Morgan fingerprint density at radius 3 is 2.62 bits per heavy atom. The molecule has 21 heavy (non-hydrogen) atoms. The first-order valence-corrected chi connectivity index (χ1v) is 7.20. The van der Waals surface area contributed by atoms with Gasteiger partial charge in [-0.05, 0) is 16.0 Å². The van der Waals surface area contributed by atoms with Crippen molar-refractivity contribution in [2.45, 2.75) is 23.5 Å². The van der Waals surface area contributed by atoms with Gasteiger partial charge in [-0.25, -0.2) is 8.42 Å². The molecule has 0 saturated carbocycles. The number of pyridine rings is 1. The lowest BCUT2D eigenvalue weighted by atomic mass is 10.2. The van der Waals surface area contributed by atoms with Crippen LogP contribution < -0.4 is 0 Å². The van der Waals surface area contributed by atoms with E-state index in [1.54, 1.807) is 0 Å². The van der Waals surface area contributed by atoms with Crippen molar-refractivity contribution in [2.24, 2.45) is 0 Å². The fourth-order valence-electron chi connectivity index (χ4n) is 2.04. The van der Waals surface area contributed by atoms with Crippen molar-refractivity contribution in [2.75, 3.05) is 6.54 Å². The molecule has 1 fully saturated rings. The smallest absolute Gasteiger partial charge is 0.363 e. The van der Waals surface area contributed by atoms with Gasteiger partial charge >= 0.3 is 11.8 Å². The van der Waals surface area contributed by atoms with Gasteiger partial charge in [-0.3, -0.25) is 4.79 Å². The van der Waals surface area contributed by atoms with Gasteiger partial charge in [-0.2, -0.15) is 4.31 Å². The number of aliphatic carboxylic acids is 1. The van der Waals surface area contributed by atoms with E-state index >= 15 is 0 Å². The van der Waals surface area contributed by atoms with Crippen LogP contribution in [-0.4, -0.2) is 57.5 Å². The standard InChI is InChI=1S/C10H11N3O7S/c14-6-3-8(10(15)16)12(5-6)21(19,20)7-1-2-9(11-4-7)13(17)18/h1-2,4,6,8,14H,3,5H2,(H,15,16)/t6-,8+/m1/s1. The third kappa shape index (κ3) is 2.84. The Balaban J connectivity index is 2.37. The fourth-order valence-corrected chi connectivity index (χ4v) is 3.62. The number of carboxylic acid groups (broad SMARTS) is 1. The predicted octanol–water partition coefficient (Wildman–Crippen LogP) is -0.802. The van der Waals surface area contributed by atoms with E-state index in [1.807, 2.05) is 0 Å². The van der Waals surface area contributed by atoms with Crippen LogP contribution in [0.4, 0.5) is 5.82 Å². The van der Waals surface area contributed by atoms with Crippen molar-refractivity contribution in [3.63, 3.8) is 0 Å². The zero-order valence-corrected chi connectivity index (χ0v) is 11.3. The van der Waals surface area contributed by atoms with Crippen molar-refractivity contribution >= 4 is 21.8 Å². The normalized spacial score (nSPS) is 23.1. The number of aliphatic hydroxyl groups excluding tert-OH is 1. The monoisotopic (exact) mass is 317 g/mol. The average Bonchev–Trinajstić information content (AvgIpc) is 2.82. The summed E-state index contributed by atoms with van der Waals surface area (Å²) in [4.78, 5) is 23.8. The SMILES string of the molecule is O=C(O)[C@@H]1C[C@@H](O)CN1S(=O)(=O)c1ccc([N+](=O)[O-])nc1. The minimum Gasteiger partial charge on any atom is -0.480 e. The Hall–Kier alpha value is -2.11. The molecule has 1 aliphatic rings. The van der Waals surface area contributed by atoms with Gasteiger partial charge in [0.15, 0.2) is 6.20 Å². The average molecular weight is 317 g/mol. The summed E-state index contributed by atoms with van der Waals surface area (Å²) >= 11 is 0. The third-order valence-corrected chi connectivity index (χ3v) is 4.89. The molecule has 0 bridgehead atoms. The van der Waals surface area contributed by atoms with Crippen molar-refractivity contribution in [3.8, 4) is 0 Å². The van der Waals surface area contributed by atoms with E-state index in [0.717, 1.165) is 18.3 Å². The molecule has 0 aromatic carbocycles. The summed E-state index contributed by atoms with van der Waals surface area (Å²) in [5, 5.41) is 29.0. The van der Waals surface area contributed by atoms with E-state index in [9.17, 15) is 28.4 Å². The maximum atomic E-state index is 12.3. The van der Waals surface area contributed by atoms with Crippen molar-refractivity contribution in [3.05, 3.63) is 28.4 Å². The number of aliphatic hydroxyl groups is 1. The van der Waals surface area contributed by atoms with Gasteiger partial charge in [0, 0.05) is 19.0 Å². The molecule has 0 aliphatic carbocycles. The molecule has 0 unspecified atom stereocenters. The lowest BCUT2D eigenvalue weighted by Crippen LogP contribution is -2.40. The number of nitro groups is 1. The molecule has 1 aliphatic heterocycles. The molecule has 11 heteroatoms. The Morgan fingerprint density at radius 1 is 1.48 bits per heavy atom. The number of sulfonamides is 1. The number of aromatic nitrogens is 1. The maximum Gasteiger partial charge on any atom is 0.363 e. The topological polar surface area (TPSA) is 151 Å². The van der Waals surface area contributed by atoms with Crippen LogP contribution in [0.1, 0.15) is 6.42 Å². The molecule has 0 radical (unpaired) electrons. The van der Waals surface area contributed by atoms with E-state index in [1.165, 1.54) is 0 Å². The van der Waals surface area contributed by atoms with E-state index in [2.05, 4.69) is 4.98 Å². The molecule has 1 aromatic heterocycles. The van der Waals surface area contributed by atoms with Crippen LogP contribution >= 0.6 is 0 Å². The highest BCUT2D eigenvalue weighted by atomic mass is 32.2. The molecule has 114 valence electrons. The summed E-state index contributed by atoms with van der Waals surface area (Å²) in [5.74, 6) is -1.89. The zero-order chi connectivity index (χ0) is 15.8. The summed E-state index contributed by atoms with van der Waals surface area (Å²) in [7, 11) is -4.20. The van der Waals surface area contributed by atoms with Crippen molar-refractivity contribution in [1.29, 1.82) is 0 Å². The van der Waals surface area contributed by atoms with Gasteiger partial charge in [-0.15, -0.1) is 0 Å². The van der Waals surface area contributed by atoms with Crippen molar-refractivity contribution < 1.29 is 28.3 Å². The summed E-state index contributed by atoms with van der Waals surface area (Å²) < 4.78 is 25.3. The Labute approximate surface area is 118 Å². The molecule has 1 aromatic rings. The Bertz CT molecular complexity index is 672. The van der Waals surface area contributed by atoms with E-state index < -0.39 is 38.9 Å². The molecule has 0 amide bonds. The summed E-state index contributed by atoms with van der Waals surface area (Å²) in [6, 6.07) is 0.513. The fraction of sp³-hybridized carbons (Fsp3) is 0.400. The van der Waals surface area contributed by atoms with Crippen LogP contribution in [0.2, 0.25) is 0 Å². The molecular weight excluding hydrogens is 306 g/mol. The number of hydrogen-bond acceptors (Lipinski definition) is 7. The molecule has 10 nitrogen and oxygen atoms in total.